The van der Waals surface area contributed by atoms with Crippen LogP contribution >= 0.6 is 0 Å². The van der Waals surface area contributed by atoms with Gasteiger partial charge in [-0.05, 0) is 92.1 Å². The molecule has 0 saturated carbocycles. The van der Waals surface area contributed by atoms with Gasteiger partial charge < -0.3 is 4.42 Å². The van der Waals surface area contributed by atoms with E-state index < -0.39 is 0 Å². The molecule has 0 spiro atoms. The van der Waals surface area contributed by atoms with E-state index in [0.717, 1.165) is 86.4 Å². The molecular weight excluding hydrogens is 568 g/mol. The van der Waals surface area contributed by atoms with Gasteiger partial charge in [-0.2, -0.15) is 0 Å². The molecule has 7 heteroatoms. The highest BCUT2D eigenvalue weighted by atomic mass is 16.3. The molecule has 0 saturated heterocycles. The van der Waals surface area contributed by atoms with Crippen LogP contribution in [0.1, 0.15) is 48.5 Å². The van der Waals surface area contributed by atoms with Crippen molar-refractivity contribution in [3.8, 4) is 11.4 Å². The third kappa shape index (κ3) is 3.07. The molecule has 1 unspecified atom stereocenters. The zero-order valence-corrected chi connectivity index (χ0v) is 25.2. The van der Waals surface area contributed by atoms with Crippen LogP contribution in [0.3, 0.4) is 0 Å². The van der Waals surface area contributed by atoms with Crippen molar-refractivity contribution in [3.05, 3.63) is 120 Å². The van der Waals surface area contributed by atoms with Crippen LogP contribution in [-0.4, -0.2) is 27.9 Å². The molecule has 0 fully saturated rings. The van der Waals surface area contributed by atoms with E-state index in [9.17, 15) is 0 Å². The van der Waals surface area contributed by atoms with Crippen molar-refractivity contribution in [3.63, 3.8) is 0 Å². The Bertz CT molecular complexity index is 2810. The second-order valence-electron chi connectivity index (χ2n) is 12.7. The first kappa shape index (κ1) is 24.5. The van der Waals surface area contributed by atoms with E-state index in [-0.39, 0.29) is 0 Å². The van der Waals surface area contributed by atoms with Gasteiger partial charge in [-0.15, -0.1) is 0 Å². The summed E-state index contributed by atoms with van der Waals surface area (Å²) in [7, 11) is 0. The minimum atomic E-state index is 0.405. The minimum Gasteiger partial charge on any atom is -0.456 e. The Morgan fingerprint density at radius 3 is 2.24 bits per heavy atom. The monoisotopic (exact) mass is 596 g/mol. The molecule has 9 aromatic rings. The van der Waals surface area contributed by atoms with Crippen molar-refractivity contribution in [1.29, 1.82) is 0 Å². The molecule has 4 aromatic carbocycles. The summed E-state index contributed by atoms with van der Waals surface area (Å²) in [4.78, 5) is 10.3. The van der Waals surface area contributed by atoms with Gasteiger partial charge in [0.2, 0.25) is 11.6 Å². The van der Waals surface area contributed by atoms with Gasteiger partial charge in [0.05, 0.1) is 50.5 Å². The Morgan fingerprint density at radius 2 is 1.41 bits per heavy atom. The SMILES string of the molecule is CC1CC=Cc2nc3n(-c4ccc5oc6ccc(-n7c8c(n9c%10ccccc%10nc79)C=CCC8)cc6c5c4)c4ccccc4n3c21. The molecule has 5 heterocycles. The molecular formula is C39H28N6O. The smallest absolute Gasteiger partial charge is 0.220 e. The fraction of sp³-hybridized carbons (Fsp3) is 0.128. The van der Waals surface area contributed by atoms with Crippen molar-refractivity contribution in [2.45, 2.75) is 32.1 Å². The first-order valence-corrected chi connectivity index (χ1v) is 16.1. The third-order valence-electron chi connectivity index (χ3n) is 10.0. The molecule has 5 aromatic heterocycles. The summed E-state index contributed by atoms with van der Waals surface area (Å²) in [6, 6.07) is 30.1. The number of para-hydroxylation sites is 4. The Balaban J connectivity index is 1.16. The number of aromatic nitrogens is 6. The van der Waals surface area contributed by atoms with Crippen LogP contribution in [0, 0.1) is 0 Å². The molecule has 0 aliphatic heterocycles. The molecule has 0 N–H and O–H groups in total. The number of benzene rings is 4. The molecule has 0 radical (unpaired) electrons. The number of hydrogen-bond donors (Lipinski definition) is 0. The van der Waals surface area contributed by atoms with Gasteiger partial charge in [0.25, 0.3) is 0 Å². The summed E-state index contributed by atoms with van der Waals surface area (Å²) in [5, 5.41) is 2.17. The Hall–Kier alpha value is -5.82. The predicted molar refractivity (Wildman–Crippen MR) is 184 cm³/mol. The maximum absolute atomic E-state index is 6.42. The normalized spacial score (nSPS) is 16.2. The van der Waals surface area contributed by atoms with Gasteiger partial charge >= 0.3 is 0 Å². The van der Waals surface area contributed by atoms with E-state index in [0.29, 0.717) is 5.92 Å². The summed E-state index contributed by atoms with van der Waals surface area (Å²) < 4.78 is 15.7. The van der Waals surface area contributed by atoms with E-state index >= 15 is 0 Å². The van der Waals surface area contributed by atoms with Crippen molar-refractivity contribution in [1.82, 2.24) is 27.9 Å². The molecule has 7 nitrogen and oxygen atoms in total. The highest BCUT2D eigenvalue weighted by Crippen LogP contribution is 2.38. The number of furan rings is 1. The number of hydrogen-bond acceptors (Lipinski definition) is 3. The second-order valence-corrected chi connectivity index (χ2v) is 12.7. The lowest BCUT2D eigenvalue weighted by Gasteiger charge is -2.13. The Labute approximate surface area is 262 Å². The van der Waals surface area contributed by atoms with Gasteiger partial charge in [0, 0.05) is 22.4 Å². The minimum absolute atomic E-state index is 0.405. The largest absolute Gasteiger partial charge is 0.456 e. The van der Waals surface area contributed by atoms with Crippen LogP contribution in [0.25, 0.3) is 79.1 Å². The van der Waals surface area contributed by atoms with E-state index in [2.05, 4.69) is 134 Å². The van der Waals surface area contributed by atoms with Crippen LogP contribution in [0.4, 0.5) is 0 Å². The summed E-state index contributed by atoms with van der Waals surface area (Å²) in [6.07, 6.45) is 11.9. The zero-order valence-electron chi connectivity index (χ0n) is 25.2. The molecule has 0 bridgehead atoms. The van der Waals surface area contributed by atoms with Crippen LogP contribution < -0.4 is 0 Å². The first-order chi connectivity index (χ1) is 22.7. The third-order valence-corrected chi connectivity index (χ3v) is 10.0. The topological polar surface area (TPSA) is 57.6 Å². The predicted octanol–water partition coefficient (Wildman–Crippen LogP) is 9.25. The van der Waals surface area contributed by atoms with E-state index in [1.54, 1.807) is 0 Å². The molecule has 2 aliphatic carbocycles. The lowest BCUT2D eigenvalue weighted by atomic mass is 9.97. The summed E-state index contributed by atoms with van der Waals surface area (Å²) in [6.45, 7) is 2.29. The second kappa shape index (κ2) is 8.67. The molecule has 0 amide bonds. The first-order valence-electron chi connectivity index (χ1n) is 16.1. The average Bonchev–Trinajstić information content (AvgIpc) is 3.87. The van der Waals surface area contributed by atoms with Crippen molar-refractivity contribution in [2.75, 3.05) is 0 Å². The van der Waals surface area contributed by atoms with Crippen LogP contribution in [0.2, 0.25) is 0 Å². The lowest BCUT2D eigenvalue weighted by molar-refractivity contribution is 0.668. The van der Waals surface area contributed by atoms with E-state index in [1.807, 2.05) is 0 Å². The number of nitrogens with zero attached hydrogens (tertiary/aromatic N) is 6. The highest BCUT2D eigenvalue weighted by molar-refractivity contribution is 6.06. The number of imidazole rings is 4. The fourth-order valence-corrected chi connectivity index (χ4v) is 8.01. The van der Waals surface area contributed by atoms with Gasteiger partial charge in [-0.25, -0.2) is 9.97 Å². The maximum Gasteiger partial charge on any atom is 0.220 e. The number of rotatable bonds is 2. The molecule has 46 heavy (non-hydrogen) atoms. The van der Waals surface area contributed by atoms with Crippen LogP contribution in [0.15, 0.2) is 101 Å². The highest BCUT2D eigenvalue weighted by Gasteiger charge is 2.26. The zero-order chi connectivity index (χ0) is 30.1. The molecule has 2 aliphatic rings. The summed E-state index contributed by atoms with van der Waals surface area (Å²) in [5.41, 5.74) is 13.2. The number of allylic oxidation sites excluding steroid dienone is 2. The van der Waals surface area contributed by atoms with E-state index in [1.165, 1.54) is 22.6 Å². The number of fused-ring (bicyclic) bond motifs is 13. The van der Waals surface area contributed by atoms with Gasteiger partial charge in [-0.3, -0.25) is 17.9 Å². The average molecular weight is 597 g/mol. The fourth-order valence-electron chi connectivity index (χ4n) is 8.01. The maximum atomic E-state index is 6.42. The van der Waals surface area contributed by atoms with Gasteiger partial charge in [0.1, 0.15) is 11.2 Å². The summed E-state index contributed by atoms with van der Waals surface area (Å²) >= 11 is 0. The Morgan fingerprint density at radius 1 is 0.696 bits per heavy atom. The molecule has 1 atom stereocenters. The van der Waals surface area contributed by atoms with Crippen molar-refractivity contribution >= 4 is 67.7 Å². The molecule has 11 rings (SSSR count). The van der Waals surface area contributed by atoms with Crippen molar-refractivity contribution in [2.24, 2.45) is 0 Å². The van der Waals surface area contributed by atoms with Crippen LogP contribution in [-0.2, 0) is 6.42 Å². The standard InChI is InChI=1S/C39H28N6O/c1-23-9-8-11-29-37(23)45-34-16-7-5-14-32(34)43(39(45)41-29)25-18-20-36-27(22-25)26-21-24(17-19-35(26)46-36)42-31-13-4-6-15-33(31)44-30-12-3-2-10-28(30)40-38(42)44/h2-3,5-8,10-12,14-23H,4,9,13H2,1H3. The Kier molecular flexibility index (Phi) is 4.61. The summed E-state index contributed by atoms with van der Waals surface area (Å²) in [5.74, 6) is 2.29. The quantitative estimate of drug-likeness (QED) is 0.200. The van der Waals surface area contributed by atoms with Gasteiger partial charge in [0.15, 0.2) is 0 Å². The van der Waals surface area contributed by atoms with Crippen LogP contribution in [0.5, 0.6) is 0 Å². The van der Waals surface area contributed by atoms with E-state index in [4.69, 9.17) is 14.4 Å². The molecule has 220 valence electrons. The van der Waals surface area contributed by atoms with Gasteiger partial charge in [-0.1, -0.05) is 43.3 Å². The lowest BCUT2D eigenvalue weighted by Crippen LogP contribution is -2.03. The van der Waals surface area contributed by atoms with Crippen molar-refractivity contribution < 1.29 is 4.42 Å².